The van der Waals surface area contributed by atoms with Crippen LogP contribution in [0.2, 0.25) is 0 Å². The first-order valence-electron chi connectivity index (χ1n) is 11.1. The van der Waals surface area contributed by atoms with Crippen molar-refractivity contribution in [3.8, 4) is 11.5 Å². The number of unbranched alkanes of at least 4 members (excludes halogenated alkanes) is 2. The first-order chi connectivity index (χ1) is 14.3. The Morgan fingerprint density at radius 2 is 1.63 bits per heavy atom. The van der Waals surface area contributed by atoms with Crippen molar-refractivity contribution in [2.45, 2.75) is 77.7 Å². The van der Waals surface area contributed by atoms with Gasteiger partial charge in [-0.2, -0.15) is 0 Å². The standard InChI is InChI=1S/C25H40O5/c1-7-8-9-10-19-14-22(29-16-27-5)24(23(15-19)30-17-28-6)20-13-18(2)11-12-21(20)25(3,4)26/h13-15,20-21,26H,7-12,16-17H2,1-6H3/t20-,21-/m1/s1. The fourth-order valence-corrected chi connectivity index (χ4v) is 4.34. The predicted molar refractivity (Wildman–Crippen MR) is 120 cm³/mol. The van der Waals surface area contributed by atoms with E-state index in [0.29, 0.717) is 0 Å². The van der Waals surface area contributed by atoms with E-state index in [0.717, 1.165) is 42.7 Å². The van der Waals surface area contributed by atoms with E-state index in [9.17, 15) is 5.11 Å². The Balaban J connectivity index is 2.57. The molecule has 5 heteroatoms. The maximum atomic E-state index is 10.9. The smallest absolute Gasteiger partial charge is 0.188 e. The van der Waals surface area contributed by atoms with E-state index in [2.05, 4.69) is 32.1 Å². The molecule has 5 nitrogen and oxygen atoms in total. The van der Waals surface area contributed by atoms with Crippen LogP contribution in [-0.2, 0) is 15.9 Å². The van der Waals surface area contributed by atoms with Crippen molar-refractivity contribution in [1.82, 2.24) is 0 Å². The Morgan fingerprint density at radius 3 is 2.13 bits per heavy atom. The van der Waals surface area contributed by atoms with Gasteiger partial charge in [0.05, 0.1) is 5.60 Å². The summed E-state index contributed by atoms with van der Waals surface area (Å²) in [5, 5.41) is 10.9. The van der Waals surface area contributed by atoms with Crippen molar-refractivity contribution in [2.24, 2.45) is 5.92 Å². The molecule has 1 aliphatic carbocycles. The van der Waals surface area contributed by atoms with Crippen LogP contribution < -0.4 is 9.47 Å². The van der Waals surface area contributed by atoms with Gasteiger partial charge in [-0.15, -0.1) is 0 Å². The zero-order valence-corrected chi connectivity index (χ0v) is 19.6. The van der Waals surface area contributed by atoms with Gasteiger partial charge >= 0.3 is 0 Å². The second-order valence-electron chi connectivity index (χ2n) is 8.90. The minimum Gasteiger partial charge on any atom is -0.467 e. The van der Waals surface area contributed by atoms with Gasteiger partial charge in [-0.3, -0.25) is 0 Å². The van der Waals surface area contributed by atoms with E-state index in [4.69, 9.17) is 18.9 Å². The van der Waals surface area contributed by atoms with Crippen molar-refractivity contribution in [3.63, 3.8) is 0 Å². The molecule has 0 bridgehead atoms. The molecule has 2 rings (SSSR count). The number of allylic oxidation sites excluding steroid dienone is 2. The summed E-state index contributed by atoms with van der Waals surface area (Å²) in [6.07, 6.45) is 8.63. The van der Waals surface area contributed by atoms with Crippen LogP contribution in [0.15, 0.2) is 23.8 Å². The highest BCUT2D eigenvalue weighted by Crippen LogP contribution is 2.48. The van der Waals surface area contributed by atoms with E-state index in [1.807, 2.05) is 13.8 Å². The second kappa shape index (κ2) is 11.7. The van der Waals surface area contributed by atoms with Crippen molar-refractivity contribution in [1.29, 1.82) is 0 Å². The van der Waals surface area contributed by atoms with Crippen molar-refractivity contribution in [3.05, 3.63) is 34.9 Å². The summed E-state index contributed by atoms with van der Waals surface area (Å²) in [7, 11) is 3.24. The normalized spacial score (nSPS) is 19.5. The Bertz CT molecular complexity index is 660. The predicted octanol–water partition coefficient (Wildman–Crippen LogP) is 5.60. The van der Waals surface area contributed by atoms with E-state index in [1.165, 1.54) is 24.0 Å². The number of hydrogen-bond donors (Lipinski definition) is 1. The summed E-state index contributed by atoms with van der Waals surface area (Å²) in [5.41, 5.74) is 2.65. The van der Waals surface area contributed by atoms with Gasteiger partial charge < -0.3 is 24.1 Å². The van der Waals surface area contributed by atoms with E-state index in [-0.39, 0.29) is 25.4 Å². The lowest BCUT2D eigenvalue weighted by Gasteiger charge is -2.39. The molecule has 1 aromatic rings. The number of hydrogen-bond acceptors (Lipinski definition) is 5. The molecule has 0 heterocycles. The fraction of sp³-hybridized carbons (Fsp3) is 0.680. The molecule has 1 N–H and O–H groups in total. The maximum Gasteiger partial charge on any atom is 0.188 e. The largest absolute Gasteiger partial charge is 0.467 e. The van der Waals surface area contributed by atoms with Crippen molar-refractivity contribution < 1.29 is 24.1 Å². The van der Waals surface area contributed by atoms with Gasteiger partial charge in [-0.25, -0.2) is 0 Å². The molecule has 1 aliphatic rings. The molecule has 0 unspecified atom stereocenters. The fourth-order valence-electron chi connectivity index (χ4n) is 4.34. The zero-order chi connectivity index (χ0) is 22.1. The van der Waals surface area contributed by atoms with E-state index in [1.54, 1.807) is 14.2 Å². The summed E-state index contributed by atoms with van der Waals surface area (Å²) in [4.78, 5) is 0. The monoisotopic (exact) mass is 420 g/mol. The van der Waals surface area contributed by atoms with Crippen LogP contribution in [0, 0.1) is 5.92 Å². The second-order valence-corrected chi connectivity index (χ2v) is 8.90. The van der Waals surface area contributed by atoms with Gasteiger partial charge in [0.15, 0.2) is 13.6 Å². The zero-order valence-electron chi connectivity index (χ0n) is 19.6. The molecule has 0 fully saturated rings. The highest BCUT2D eigenvalue weighted by atomic mass is 16.7. The Hall–Kier alpha value is -1.56. The molecular formula is C25H40O5. The van der Waals surface area contributed by atoms with Crippen molar-refractivity contribution in [2.75, 3.05) is 27.8 Å². The van der Waals surface area contributed by atoms with Crippen LogP contribution >= 0.6 is 0 Å². The Kier molecular flexibility index (Phi) is 9.66. The van der Waals surface area contributed by atoms with Crippen LogP contribution in [-0.4, -0.2) is 38.5 Å². The summed E-state index contributed by atoms with van der Waals surface area (Å²) in [5.74, 6) is 1.58. The number of rotatable bonds is 12. The molecule has 30 heavy (non-hydrogen) atoms. The van der Waals surface area contributed by atoms with Crippen LogP contribution in [0.1, 0.15) is 76.8 Å². The van der Waals surface area contributed by atoms with E-state index < -0.39 is 5.60 Å². The van der Waals surface area contributed by atoms with Gasteiger partial charge in [0, 0.05) is 25.7 Å². The van der Waals surface area contributed by atoms with Gasteiger partial charge in [-0.05, 0) is 70.1 Å². The average Bonchev–Trinajstić information content (AvgIpc) is 2.69. The quantitative estimate of drug-likeness (QED) is 0.271. The summed E-state index contributed by atoms with van der Waals surface area (Å²) < 4.78 is 22.5. The molecule has 0 radical (unpaired) electrons. The molecule has 2 atom stereocenters. The first kappa shape index (κ1) is 24.7. The van der Waals surface area contributed by atoms with Crippen LogP contribution in [0.4, 0.5) is 0 Å². The summed E-state index contributed by atoms with van der Waals surface area (Å²) in [6.45, 7) is 8.47. The lowest BCUT2D eigenvalue weighted by atomic mass is 9.69. The number of ether oxygens (including phenoxy) is 4. The molecule has 0 amide bonds. The van der Waals surface area contributed by atoms with Gasteiger partial charge in [0.1, 0.15) is 11.5 Å². The highest BCUT2D eigenvalue weighted by molar-refractivity contribution is 5.53. The van der Waals surface area contributed by atoms with Gasteiger partial charge in [0.25, 0.3) is 0 Å². The van der Waals surface area contributed by atoms with Crippen LogP contribution in [0.5, 0.6) is 11.5 Å². The third kappa shape index (κ3) is 6.73. The lowest BCUT2D eigenvalue weighted by molar-refractivity contribution is 0.00224. The average molecular weight is 421 g/mol. The third-order valence-corrected chi connectivity index (χ3v) is 5.89. The highest BCUT2D eigenvalue weighted by Gasteiger charge is 2.38. The van der Waals surface area contributed by atoms with Gasteiger partial charge in [-0.1, -0.05) is 31.4 Å². The number of methoxy groups -OCH3 is 2. The molecule has 0 aliphatic heterocycles. The minimum absolute atomic E-state index is 0.0119. The molecule has 0 saturated carbocycles. The molecule has 1 aromatic carbocycles. The van der Waals surface area contributed by atoms with Gasteiger partial charge in [0.2, 0.25) is 0 Å². The topological polar surface area (TPSA) is 57.2 Å². The SMILES string of the molecule is CCCCCc1cc(OCOC)c([C@@H]2C=C(C)CC[C@H]2C(C)(C)O)c(OCOC)c1. The first-order valence-corrected chi connectivity index (χ1v) is 11.1. The lowest BCUT2D eigenvalue weighted by Crippen LogP contribution is -2.36. The number of aliphatic hydroxyl groups is 1. The maximum absolute atomic E-state index is 10.9. The van der Waals surface area contributed by atoms with Crippen molar-refractivity contribution >= 4 is 0 Å². The summed E-state index contributed by atoms with van der Waals surface area (Å²) in [6, 6.07) is 4.23. The van der Waals surface area contributed by atoms with Crippen LogP contribution in [0.25, 0.3) is 0 Å². The van der Waals surface area contributed by atoms with E-state index >= 15 is 0 Å². The molecule has 0 saturated heterocycles. The molecule has 0 spiro atoms. The Morgan fingerprint density at radius 1 is 1.03 bits per heavy atom. The third-order valence-electron chi connectivity index (χ3n) is 5.89. The van der Waals surface area contributed by atoms with Crippen LogP contribution in [0.3, 0.4) is 0 Å². The Labute approximate surface area is 182 Å². The molecule has 0 aromatic heterocycles. The number of benzene rings is 1. The summed E-state index contributed by atoms with van der Waals surface area (Å²) >= 11 is 0. The minimum atomic E-state index is -0.821. The molecule has 170 valence electrons. The molecular weight excluding hydrogens is 380 g/mol. The number of aryl methyl sites for hydroxylation is 1.